The van der Waals surface area contributed by atoms with E-state index in [-0.39, 0.29) is 29.7 Å². The number of aliphatic hydroxyl groups is 2. The highest BCUT2D eigenvalue weighted by Gasteiger charge is 2.80. The predicted molar refractivity (Wildman–Crippen MR) is 122 cm³/mol. The number of thiophene rings is 1. The van der Waals surface area contributed by atoms with Gasteiger partial charge in [-0.25, -0.2) is 13.2 Å². The average molecular weight is 525 g/mol. The first kappa shape index (κ1) is 24.5. The van der Waals surface area contributed by atoms with Crippen LogP contribution in [0.1, 0.15) is 44.3 Å². The summed E-state index contributed by atoms with van der Waals surface area (Å²) < 4.78 is 59.5. The van der Waals surface area contributed by atoms with Crippen LogP contribution in [-0.4, -0.2) is 58.0 Å². The molecule has 6 rings (SSSR count). The van der Waals surface area contributed by atoms with E-state index in [2.05, 4.69) is 0 Å². The summed E-state index contributed by atoms with van der Waals surface area (Å²) in [5.74, 6) is -3.36. The van der Waals surface area contributed by atoms with Crippen LogP contribution < -0.4 is 0 Å². The first-order valence-corrected chi connectivity index (χ1v) is 13.0. The van der Waals surface area contributed by atoms with Crippen molar-refractivity contribution in [1.29, 1.82) is 0 Å². The Morgan fingerprint density at radius 2 is 2.03 bits per heavy atom. The van der Waals surface area contributed by atoms with Gasteiger partial charge in [0.05, 0.1) is 17.1 Å². The molecular weight excluding hydrogens is 497 g/mol. The van der Waals surface area contributed by atoms with Crippen molar-refractivity contribution in [3.05, 3.63) is 45.9 Å². The molecule has 0 bridgehead atoms. The highest BCUT2D eigenvalue weighted by atomic mass is 32.1. The van der Waals surface area contributed by atoms with Crippen LogP contribution in [0.3, 0.4) is 0 Å². The number of halogens is 3. The second kappa shape index (κ2) is 7.60. The average Bonchev–Trinajstić information content (AvgIpc) is 3.49. The number of rotatable bonds is 3. The number of allylic oxidation sites excluding steroid dienone is 4. The molecule has 0 radical (unpaired) electrons. The van der Waals surface area contributed by atoms with Gasteiger partial charge in [-0.3, -0.25) is 9.59 Å². The van der Waals surface area contributed by atoms with Gasteiger partial charge < -0.3 is 19.7 Å². The maximum absolute atomic E-state index is 17.3. The SMILES string of the molecule is C[C@]12C=CC(=O)C=C1[C@@H](F)C[C@H]1[C@@H]3C[C@H]4O[C@H](c5sccc5F)O[C@@]4(C(=O)CO)[C@@]3(C)C[C@H](O)[C@@]12F. The Morgan fingerprint density at radius 1 is 1.28 bits per heavy atom. The summed E-state index contributed by atoms with van der Waals surface area (Å²) in [5.41, 5.74) is -6.86. The molecule has 0 spiro atoms. The van der Waals surface area contributed by atoms with Gasteiger partial charge in [-0.15, -0.1) is 11.3 Å². The van der Waals surface area contributed by atoms with E-state index < -0.39 is 82.6 Å². The zero-order valence-electron chi connectivity index (χ0n) is 19.7. The quantitative estimate of drug-likeness (QED) is 0.629. The molecule has 0 aromatic carbocycles. The number of Topliss-reactive ketones (excluding diaryl/α,β-unsaturated/α-hetero) is 1. The molecule has 1 saturated heterocycles. The van der Waals surface area contributed by atoms with Crippen molar-refractivity contribution in [3.63, 3.8) is 0 Å². The fourth-order valence-corrected chi connectivity index (χ4v) is 8.89. The molecule has 0 amide bonds. The summed E-state index contributed by atoms with van der Waals surface area (Å²) in [6.07, 6.45) is -2.12. The Kier molecular flexibility index (Phi) is 5.17. The van der Waals surface area contributed by atoms with Gasteiger partial charge in [0.1, 0.15) is 18.6 Å². The Labute approximate surface area is 209 Å². The number of hydrogen-bond donors (Lipinski definition) is 2. The highest BCUT2D eigenvalue weighted by Crippen LogP contribution is 2.72. The Morgan fingerprint density at radius 3 is 2.69 bits per heavy atom. The molecule has 4 fully saturated rings. The molecular formula is C26H27F3O6S. The first-order valence-electron chi connectivity index (χ1n) is 12.1. The van der Waals surface area contributed by atoms with E-state index in [9.17, 15) is 24.2 Å². The van der Waals surface area contributed by atoms with Gasteiger partial charge in [0.2, 0.25) is 0 Å². The summed E-state index contributed by atoms with van der Waals surface area (Å²) in [6, 6.07) is 1.26. The monoisotopic (exact) mass is 524 g/mol. The summed E-state index contributed by atoms with van der Waals surface area (Å²) >= 11 is 1.06. The minimum Gasteiger partial charge on any atom is -0.390 e. The Balaban J connectivity index is 1.46. The van der Waals surface area contributed by atoms with Crippen LogP contribution in [0.5, 0.6) is 0 Å². The third-order valence-corrected chi connectivity index (χ3v) is 10.7. The lowest BCUT2D eigenvalue weighted by atomic mass is 9.44. The number of carbonyl (C=O) groups excluding carboxylic acids is 2. The van der Waals surface area contributed by atoms with E-state index in [0.717, 1.165) is 17.4 Å². The van der Waals surface area contributed by atoms with E-state index in [0.29, 0.717) is 0 Å². The number of hydrogen-bond acceptors (Lipinski definition) is 7. The molecule has 5 aliphatic rings. The number of fused-ring (bicyclic) bond motifs is 7. The normalized spacial score (nSPS) is 49.2. The standard InChI is InChI=1S/C26H27F3O6S/c1-23-5-3-12(31)7-15(23)17(28)8-14-13-9-20-26(19(33)11-30,24(13,2)10-18(32)25(14,23)29)35-22(34-20)21-16(27)4-6-36-21/h3-7,13-14,17-18,20,22,30,32H,8-11H2,1-2H3/t13-,14-,17-,18-,20+,22-,23-,24-,25-,26+/m0/s1. The second-order valence-corrected chi connectivity index (χ2v) is 12.1. The molecule has 4 aliphatic carbocycles. The summed E-state index contributed by atoms with van der Waals surface area (Å²) in [5, 5.41) is 22.9. The first-order chi connectivity index (χ1) is 16.9. The number of alkyl halides is 2. The van der Waals surface area contributed by atoms with Gasteiger partial charge in [0.25, 0.3) is 0 Å². The topological polar surface area (TPSA) is 93.1 Å². The zero-order valence-corrected chi connectivity index (χ0v) is 20.6. The lowest BCUT2D eigenvalue weighted by Crippen LogP contribution is -2.70. The van der Waals surface area contributed by atoms with Crippen molar-refractivity contribution in [3.8, 4) is 0 Å². The molecule has 10 atom stereocenters. The maximum Gasteiger partial charge on any atom is 0.197 e. The lowest BCUT2D eigenvalue weighted by molar-refractivity contribution is -0.235. The van der Waals surface area contributed by atoms with Crippen molar-refractivity contribution in [2.24, 2.45) is 22.7 Å². The molecule has 36 heavy (non-hydrogen) atoms. The lowest BCUT2D eigenvalue weighted by Gasteiger charge is -2.63. The maximum atomic E-state index is 17.3. The Bertz CT molecular complexity index is 1210. The van der Waals surface area contributed by atoms with Crippen LogP contribution in [0, 0.1) is 28.5 Å². The third-order valence-electron chi connectivity index (χ3n) is 9.79. The largest absolute Gasteiger partial charge is 0.390 e. The van der Waals surface area contributed by atoms with E-state index in [1.54, 1.807) is 6.92 Å². The number of ether oxygens (including phenoxy) is 2. The number of ketones is 2. The molecule has 6 nitrogen and oxygen atoms in total. The zero-order chi connectivity index (χ0) is 25.8. The van der Waals surface area contributed by atoms with Gasteiger partial charge in [-0.05, 0) is 61.3 Å². The summed E-state index contributed by atoms with van der Waals surface area (Å²) in [7, 11) is 0. The molecule has 1 aliphatic heterocycles. The summed E-state index contributed by atoms with van der Waals surface area (Å²) in [6.45, 7) is 2.30. The van der Waals surface area contributed by atoms with Crippen molar-refractivity contribution < 1.29 is 42.4 Å². The molecule has 194 valence electrons. The van der Waals surface area contributed by atoms with Crippen molar-refractivity contribution >= 4 is 22.9 Å². The number of aliphatic hydroxyl groups excluding tert-OH is 2. The molecule has 2 N–H and O–H groups in total. The fourth-order valence-electron chi connectivity index (χ4n) is 8.16. The van der Waals surface area contributed by atoms with Crippen LogP contribution >= 0.6 is 11.3 Å². The van der Waals surface area contributed by atoms with Gasteiger partial charge >= 0.3 is 0 Å². The third kappa shape index (κ3) is 2.67. The van der Waals surface area contributed by atoms with E-state index in [4.69, 9.17) is 9.47 Å². The molecule has 2 heterocycles. The molecule has 0 unspecified atom stereocenters. The van der Waals surface area contributed by atoms with E-state index in [1.807, 2.05) is 0 Å². The molecule has 1 aromatic heterocycles. The van der Waals surface area contributed by atoms with Crippen molar-refractivity contribution in [1.82, 2.24) is 0 Å². The van der Waals surface area contributed by atoms with Gasteiger partial charge in [0, 0.05) is 16.7 Å². The van der Waals surface area contributed by atoms with Crippen LogP contribution in [0.2, 0.25) is 0 Å². The van der Waals surface area contributed by atoms with Crippen molar-refractivity contribution in [2.75, 3.05) is 6.61 Å². The number of carbonyl (C=O) groups is 2. The molecule has 3 saturated carbocycles. The molecule has 10 heteroatoms. The molecule has 1 aromatic rings. The van der Waals surface area contributed by atoms with Crippen LogP contribution in [0.25, 0.3) is 0 Å². The smallest absolute Gasteiger partial charge is 0.197 e. The highest BCUT2D eigenvalue weighted by molar-refractivity contribution is 7.10. The predicted octanol–water partition coefficient (Wildman–Crippen LogP) is 3.53. The van der Waals surface area contributed by atoms with E-state index >= 15 is 8.78 Å². The fraction of sp³-hybridized carbons (Fsp3) is 0.615. The summed E-state index contributed by atoms with van der Waals surface area (Å²) in [4.78, 5) is 25.5. The second-order valence-electron chi connectivity index (χ2n) is 11.1. The van der Waals surface area contributed by atoms with Gasteiger partial charge in [-0.2, -0.15) is 0 Å². The Hall–Kier alpha value is -1.85. The minimum atomic E-state index is -2.32. The minimum absolute atomic E-state index is 0.0106. The van der Waals surface area contributed by atoms with Crippen LogP contribution in [0.15, 0.2) is 35.2 Å². The van der Waals surface area contributed by atoms with E-state index in [1.165, 1.54) is 30.5 Å². The van der Waals surface area contributed by atoms with Gasteiger partial charge in [-0.1, -0.05) is 13.0 Å². The van der Waals surface area contributed by atoms with Crippen LogP contribution in [-0.2, 0) is 19.1 Å². The van der Waals surface area contributed by atoms with Gasteiger partial charge in [0.15, 0.2) is 29.1 Å². The van der Waals surface area contributed by atoms with Crippen molar-refractivity contribution in [2.45, 2.75) is 69.0 Å². The van der Waals surface area contributed by atoms with Crippen LogP contribution in [0.4, 0.5) is 13.2 Å².